The quantitative estimate of drug-likeness (QED) is 0.568. The minimum absolute atomic E-state index is 0.0614. The van der Waals surface area contributed by atoms with Crippen LogP contribution < -0.4 is 0 Å². The van der Waals surface area contributed by atoms with E-state index in [2.05, 4.69) is 0 Å². The van der Waals surface area contributed by atoms with Gasteiger partial charge in [0.15, 0.2) is 11.8 Å². The zero-order valence-electron chi connectivity index (χ0n) is 9.68. The van der Waals surface area contributed by atoms with Crippen LogP contribution >= 0.6 is 0 Å². The van der Waals surface area contributed by atoms with Crippen molar-refractivity contribution in [3.63, 3.8) is 0 Å². The summed E-state index contributed by atoms with van der Waals surface area (Å²) in [6, 6.07) is -0.123. The predicted molar refractivity (Wildman–Crippen MR) is 54.0 cm³/mol. The summed E-state index contributed by atoms with van der Waals surface area (Å²) >= 11 is 0. The normalized spacial score (nSPS) is 35.7. The fourth-order valence-electron chi connectivity index (χ4n) is 2.63. The summed E-state index contributed by atoms with van der Waals surface area (Å²) in [7, 11) is 6.89. The number of urea groups is 2. The van der Waals surface area contributed by atoms with Gasteiger partial charge in [0, 0.05) is 28.2 Å². The highest BCUT2D eigenvalue weighted by atomic mass is 16.2. The summed E-state index contributed by atoms with van der Waals surface area (Å²) in [6.45, 7) is 1.90. The Morgan fingerprint density at radius 2 is 1.27 bits per heavy atom. The number of fused-ring (bicyclic) bond motifs is 1. The van der Waals surface area contributed by atoms with E-state index >= 15 is 0 Å². The number of rotatable bonds is 0. The number of likely N-dealkylation sites (N-methyl/N-ethyl adjacent to an activating group) is 4. The van der Waals surface area contributed by atoms with E-state index in [1.54, 1.807) is 47.8 Å². The molecule has 0 atom stereocenters. The highest BCUT2D eigenvalue weighted by Crippen LogP contribution is 2.39. The Balaban J connectivity index is 2.52. The number of amides is 4. The first-order valence-electron chi connectivity index (χ1n) is 4.84. The molecule has 6 heteroatoms. The first kappa shape index (κ1) is 10.1. The van der Waals surface area contributed by atoms with Crippen LogP contribution in [0, 0.1) is 0 Å². The average Bonchev–Trinajstić information content (AvgIpc) is 2.48. The van der Waals surface area contributed by atoms with Gasteiger partial charge in [-0.25, -0.2) is 9.59 Å². The topological polar surface area (TPSA) is 47.1 Å². The van der Waals surface area contributed by atoms with Crippen LogP contribution in [-0.4, -0.2) is 71.7 Å². The zero-order valence-corrected chi connectivity index (χ0v) is 9.68. The Morgan fingerprint density at radius 3 is 1.53 bits per heavy atom. The van der Waals surface area contributed by atoms with E-state index in [0.717, 1.165) is 0 Å². The van der Waals surface area contributed by atoms with Gasteiger partial charge in [-0.3, -0.25) is 0 Å². The van der Waals surface area contributed by atoms with Gasteiger partial charge in [-0.05, 0) is 6.92 Å². The molecule has 6 nitrogen and oxygen atoms in total. The van der Waals surface area contributed by atoms with Crippen molar-refractivity contribution in [3.8, 4) is 0 Å². The van der Waals surface area contributed by atoms with E-state index in [9.17, 15) is 9.59 Å². The van der Waals surface area contributed by atoms with Gasteiger partial charge < -0.3 is 19.6 Å². The van der Waals surface area contributed by atoms with Gasteiger partial charge in [-0.1, -0.05) is 0 Å². The lowest BCUT2D eigenvalue weighted by Crippen LogP contribution is -2.54. The van der Waals surface area contributed by atoms with Crippen molar-refractivity contribution in [2.75, 3.05) is 28.2 Å². The van der Waals surface area contributed by atoms with Gasteiger partial charge in [0.25, 0.3) is 0 Å². The molecule has 2 heterocycles. The molecule has 0 unspecified atom stereocenters. The first-order valence-corrected chi connectivity index (χ1v) is 4.84. The molecule has 0 aromatic heterocycles. The van der Waals surface area contributed by atoms with Crippen molar-refractivity contribution in [3.05, 3.63) is 0 Å². The van der Waals surface area contributed by atoms with Crippen LogP contribution in [0.15, 0.2) is 0 Å². The van der Waals surface area contributed by atoms with Crippen LogP contribution in [0.4, 0.5) is 9.59 Å². The average molecular weight is 212 g/mol. The predicted octanol–water partition coefficient (Wildman–Crippen LogP) is 0.0231. The van der Waals surface area contributed by atoms with E-state index < -0.39 is 5.66 Å². The lowest BCUT2D eigenvalue weighted by atomic mass is 10.1. The van der Waals surface area contributed by atoms with Gasteiger partial charge in [0.1, 0.15) is 0 Å². The molecular weight excluding hydrogens is 196 g/mol. The molecule has 0 N–H and O–H groups in total. The summed E-state index contributed by atoms with van der Waals surface area (Å²) < 4.78 is 0. The summed E-state index contributed by atoms with van der Waals surface area (Å²) in [6.07, 6.45) is -0.215. The Bertz CT molecular complexity index is 315. The van der Waals surface area contributed by atoms with E-state index in [1.807, 2.05) is 6.92 Å². The number of hydrogen-bond acceptors (Lipinski definition) is 2. The maximum absolute atomic E-state index is 11.8. The van der Waals surface area contributed by atoms with Crippen LogP contribution in [0.5, 0.6) is 0 Å². The number of nitrogens with zero attached hydrogens (tertiary/aromatic N) is 4. The van der Waals surface area contributed by atoms with Crippen LogP contribution in [0.1, 0.15) is 6.92 Å². The second kappa shape index (κ2) is 2.56. The molecule has 2 aliphatic rings. The van der Waals surface area contributed by atoms with Crippen LogP contribution in [0.3, 0.4) is 0 Å². The Kier molecular flexibility index (Phi) is 1.72. The molecule has 0 aromatic rings. The van der Waals surface area contributed by atoms with E-state index in [4.69, 9.17) is 0 Å². The SMILES string of the molecule is CN1C(=O)N(C)C2(C)C1N(C)C(=O)N2C. The van der Waals surface area contributed by atoms with Gasteiger partial charge in [-0.15, -0.1) is 0 Å². The molecule has 0 aliphatic carbocycles. The Hall–Kier alpha value is -1.46. The maximum atomic E-state index is 11.8. The van der Waals surface area contributed by atoms with E-state index in [-0.39, 0.29) is 18.2 Å². The third-order valence-electron chi connectivity index (χ3n) is 3.76. The van der Waals surface area contributed by atoms with Gasteiger partial charge in [0.2, 0.25) is 0 Å². The second-order valence-corrected chi connectivity index (χ2v) is 4.37. The van der Waals surface area contributed by atoms with Crippen LogP contribution in [-0.2, 0) is 0 Å². The lowest BCUT2D eigenvalue weighted by Gasteiger charge is -2.35. The molecule has 0 bridgehead atoms. The van der Waals surface area contributed by atoms with Crippen LogP contribution in [0.25, 0.3) is 0 Å². The molecule has 0 saturated carbocycles. The lowest BCUT2D eigenvalue weighted by molar-refractivity contribution is 0.0635. The molecule has 4 amide bonds. The fourth-order valence-corrected chi connectivity index (χ4v) is 2.63. The fraction of sp³-hybridized carbons (Fsp3) is 0.778. The molecule has 2 rings (SSSR count). The summed E-state index contributed by atoms with van der Waals surface area (Å²) in [5, 5.41) is 0. The van der Waals surface area contributed by atoms with Gasteiger partial charge in [0.05, 0.1) is 0 Å². The molecule has 15 heavy (non-hydrogen) atoms. The van der Waals surface area contributed by atoms with E-state index in [1.165, 1.54) is 0 Å². The molecule has 84 valence electrons. The molecule has 0 radical (unpaired) electrons. The number of carbonyl (C=O) groups is 2. The van der Waals surface area contributed by atoms with Crippen LogP contribution in [0.2, 0.25) is 0 Å². The third-order valence-corrected chi connectivity index (χ3v) is 3.76. The van der Waals surface area contributed by atoms with Crippen molar-refractivity contribution >= 4 is 12.1 Å². The Morgan fingerprint density at radius 1 is 0.933 bits per heavy atom. The zero-order chi connectivity index (χ0) is 11.5. The van der Waals surface area contributed by atoms with Gasteiger partial charge >= 0.3 is 12.1 Å². The molecular formula is C9H16N4O2. The van der Waals surface area contributed by atoms with E-state index in [0.29, 0.717) is 0 Å². The highest BCUT2D eigenvalue weighted by molar-refractivity contribution is 5.85. The smallest absolute Gasteiger partial charge is 0.303 e. The van der Waals surface area contributed by atoms with Crippen molar-refractivity contribution in [1.29, 1.82) is 0 Å². The second-order valence-electron chi connectivity index (χ2n) is 4.37. The molecule has 0 aromatic carbocycles. The van der Waals surface area contributed by atoms with Gasteiger partial charge in [-0.2, -0.15) is 0 Å². The number of carbonyl (C=O) groups excluding carboxylic acids is 2. The van der Waals surface area contributed by atoms with Crippen molar-refractivity contribution in [2.24, 2.45) is 0 Å². The van der Waals surface area contributed by atoms with Crippen molar-refractivity contribution < 1.29 is 9.59 Å². The largest absolute Gasteiger partial charge is 0.323 e. The molecule has 2 aliphatic heterocycles. The molecule has 0 spiro atoms. The monoisotopic (exact) mass is 212 g/mol. The number of hydrogen-bond donors (Lipinski definition) is 0. The summed E-state index contributed by atoms with van der Waals surface area (Å²) in [5.41, 5.74) is -0.572. The maximum Gasteiger partial charge on any atom is 0.323 e. The standard InChI is InChI=1S/C9H16N4O2/c1-9-6(10(2)7(14)12(9)4)11(3)8(15)13(9)5/h6H,1-5H3. The molecule has 2 fully saturated rings. The highest BCUT2D eigenvalue weighted by Gasteiger charge is 2.62. The third kappa shape index (κ3) is 0.848. The Labute approximate surface area is 89.0 Å². The minimum Gasteiger partial charge on any atom is -0.303 e. The molecule has 2 saturated heterocycles. The van der Waals surface area contributed by atoms with Crippen molar-refractivity contribution in [1.82, 2.24) is 19.6 Å². The summed E-state index contributed by atoms with van der Waals surface area (Å²) in [4.78, 5) is 30.0. The minimum atomic E-state index is -0.572. The van der Waals surface area contributed by atoms with Crippen molar-refractivity contribution in [2.45, 2.75) is 18.8 Å². The first-order chi connectivity index (χ1) is 6.83. The summed E-state index contributed by atoms with van der Waals surface area (Å²) in [5.74, 6) is 0.